The van der Waals surface area contributed by atoms with Crippen LogP contribution in [0.2, 0.25) is 0 Å². The van der Waals surface area contributed by atoms with Crippen LogP contribution in [0.25, 0.3) is 27.9 Å². The molecule has 0 amide bonds. The van der Waals surface area contributed by atoms with Gasteiger partial charge in [-0.3, -0.25) is 0 Å². The van der Waals surface area contributed by atoms with Crippen molar-refractivity contribution in [1.82, 2.24) is 4.98 Å². The molecular weight excluding hydrogens is 317 g/mol. The maximum Gasteiger partial charge on any atom is 0.172 e. The highest BCUT2D eigenvalue weighted by Gasteiger charge is 2.11. The van der Waals surface area contributed by atoms with Crippen molar-refractivity contribution in [2.45, 2.75) is 0 Å². The second-order valence-electron chi connectivity index (χ2n) is 5.24. The van der Waals surface area contributed by atoms with Gasteiger partial charge < -0.3 is 4.74 Å². The number of pyridine rings is 1. The number of methoxy groups -OCH3 is 1. The van der Waals surface area contributed by atoms with E-state index in [1.54, 1.807) is 24.3 Å². The number of hydrogen-bond acceptors (Lipinski definition) is 4. The van der Waals surface area contributed by atoms with Crippen LogP contribution in [0.5, 0.6) is 0 Å². The van der Waals surface area contributed by atoms with Gasteiger partial charge in [-0.25, -0.2) is 9.37 Å². The summed E-state index contributed by atoms with van der Waals surface area (Å²) >= 11 is 0. The largest absolute Gasteiger partial charge is 0.494 e. The molecule has 120 valence electrons. The number of allylic oxidation sites excluding steroid dienone is 1. The van der Waals surface area contributed by atoms with Crippen LogP contribution >= 0.6 is 0 Å². The molecule has 0 aliphatic heterocycles. The average molecular weight is 329 g/mol. The Kier molecular flexibility index (Phi) is 4.41. The lowest BCUT2D eigenvalue weighted by Crippen LogP contribution is -1.93. The van der Waals surface area contributed by atoms with Crippen molar-refractivity contribution in [3.63, 3.8) is 0 Å². The van der Waals surface area contributed by atoms with Gasteiger partial charge in [0.15, 0.2) is 11.3 Å². The van der Waals surface area contributed by atoms with Gasteiger partial charge in [-0.1, -0.05) is 18.2 Å². The highest BCUT2D eigenvalue weighted by atomic mass is 19.1. The van der Waals surface area contributed by atoms with Gasteiger partial charge in [0, 0.05) is 16.5 Å². The summed E-state index contributed by atoms with van der Waals surface area (Å²) in [6.45, 7) is 0. The molecule has 25 heavy (non-hydrogen) atoms. The van der Waals surface area contributed by atoms with Gasteiger partial charge in [0.25, 0.3) is 0 Å². The number of nitriles is 2. The number of ether oxygens (including phenoxy) is 1. The van der Waals surface area contributed by atoms with Crippen molar-refractivity contribution in [3.8, 4) is 23.4 Å². The lowest BCUT2D eigenvalue weighted by Gasteiger charge is -2.08. The quantitative estimate of drug-likeness (QED) is 0.526. The van der Waals surface area contributed by atoms with Gasteiger partial charge in [-0.2, -0.15) is 10.5 Å². The Bertz CT molecular complexity index is 1040. The molecule has 0 bridgehead atoms. The third-order valence-electron chi connectivity index (χ3n) is 3.75. The summed E-state index contributed by atoms with van der Waals surface area (Å²) < 4.78 is 18.3. The van der Waals surface area contributed by atoms with E-state index in [0.717, 1.165) is 10.9 Å². The first-order valence-electron chi connectivity index (χ1n) is 7.42. The Hall–Kier alpha value is -3.70. The van der Waals surface area contributed by atoms with Gasteiger partial charge in [0.2, 0.25) is 0 Å². The molecule has 0 fully saturated rings. The molecule has 0 saturated heterocycles. The Morgan fingerprint density at radius 1 is 1.00 bits per heavy atom. The van der Waals surface area contributed by atoms with E-state index >= 15 is 0 Å². The summed E-state index contributed by atoms with van der Waals surface area (Å²) in [4.78, 5) is 4.60. The summed E-state index contributed by atoms with van der Waals surface area (Å²) in [6.07, 6.45) is 0. The average Bonchev–Trinajstić information content (AvgIpc) is 2.65. The normalized spacial score (nSPS) is 9.92. The number of benzene rings is 2. The van der Waals surface area contributed by atoms with Gasteiger partial charge in [-0.05, 0) is 36.4 Å². The SMILES string of the molecule is COC(=C(C#N)C#N)c1ccc2ccc(-c3ccc(F)cc3)nc2c1. The predicted octanol–water partition coefficient (Wildman–Crippen LogP) is 4.45. The van der Waals surface area contributed by atoms with Crippen LogP contribution in [-0.2, 0) is 4.74 Å². The summed E-state index contributed by atoms with van der Waals surface area (Å²) in [5, 5.41) is 19.0. The minimum Gasteiger partial charge on any atom is -0.494 e. The van der Waals surface area contributed by atoms with E-state index in [0.29, 0.717) is 16.8 Å². The maximum atomic E-state index is 13.1. The van der Waals surface area contributed by atoms with E-state index < -0.39 is 0 Å². The first kappa shape index (κ1) is 16.2. The van der Waals surface area contributed by atoms with E-state index in [4.69, 9.17) is 15.3 Å². The second kappa shape index (κ2) is 6.82. The molecule has 3 aromatic rings. The first-order chi connectivity index (χ1) is 12.2. The second-order valence-corrected chi connectivity index (χ2v) is 5.24. The van der Waals surface area contributed by atoms with Gasteiger partial charge >= 0.3 is 0 Å². The topological polar surface area (TPSA) is 69.7 Å². The van der Waals surface area contributed by atoms with Gasteiger partial charge in [-0.15, -0.1) is 0 Å². The number of hydrogen-bond donors (Lipinski definition) is 0. The molecule has 4 nitrogen and oxygen atoms in total. The molecule has 3 rings (SSSR count). The molecule has 5 heteroatoms. The lowest BCUT2D eigenvalue weighted by molar-refractivity contribution is 0.369. The van der Waals surface area contributed by atoms with Crippen LogP contribution in [0.1, 0.15) is 5.56 Å². The Labute approximate surface area is 144 Å². The zero-order valence-corrected chi connectivity index (χ0v) is 13.3. The molecule has 0 N–H and O–H groups in total. The highest BCUT2D eigenvalue weighted by molar-refractivity contribution is 5.85. The van der Waals surface area contributed by atoms with Crippen molar-refractivity contribution >= 4 is 16.7 Å². The number of nitrogens with zero attached hydrogens (tertiary/aromatic N) is 3. The Morgan fingerprint density at radius 2 is 1.68 bits per heavy atom. The zero-order chi connectivity index (χ0) is 17.8. The summed E-state index contributed by atoms with van der Waals surface area (Å²) in [7, 11) is 1.41. The van der Waals surface area contributed by atoms with Crippen LogP contribution in [0.3, 0.4) is 0 Å². The zero-order valence-electron chi connectivity index (χ0n) is 13.3. The molecule has 0 aliphatic rings. The van der Waals surface area contributed by atoms with Crippen LogP contribution in [-0.4, -0.2) is 12.1 Å². The monoisotopic (exact) mass is 329 g/mol. The number of rotatable bonds is 3. The maximum absolute atomic E-state index is 13.1. The van der Waals surface area contributed by atoms with Crippen LogP contribution in [0.15, 0.2) is 60.2 Å². The smallest absolute Gasteiger partial charge is 0.172 e. The van der Waals surface area contributed by atoms with Crippen molar-refractivity contribution in [1.29, 1.82) is 10.5 Å². The minimum absolute atomic E-state index is 0.100. The van der Waals surface area contributed by atoms with Gasteiger partial charge in [0.05, 0.1) is 18.3 Å². The third kappa shape index (κ3) is 3.17. The summed E-state index contributed by atoms with van der Waals surface area (Å²) in [6, 6.07) is 18.9. The molecule has 0 saturated carbocycles. The predicted molar refractivity (Wildman–Crippen MR) is 92.3 cm³/mol. The summed E-state index contributed by atoms with van der Waals surface area (Å²) in [5.74, 6) is -0.0943. The standard InChI is InChI=1S/C20H12FN3O/c1-25-20(16(11-22)12-23)15-3-2-14-6-9-18(24-19(14)10-15)13-4-7-17(21)8-5-13/h2-10H,1H3. The molecule has 1 heterocycles. The fourth-order valence-corrected chi connectivity index (χ4v) is 2.53. The first-order valence-corrected chi connectivity index (χ1v) is 7.42. The highest BCUT2D eigenvalue weighted by Crippen LogP contribution is 2.26. The molecule has 0 atom stereocenters. The number of halogens is 1. The van der Waals surface area contributed by atoms with E-state index in [-0.39, 0.29) is 17.1 Å². The molecular formula is C20H12FN3O. The van der Waals surface area contributed by atoms with E-state index in [1.165, 1.54) is 19.2 Å². The van der Waals surface area contributed by atoms with E-state index in [1.807, 2.05) is 30.3 Å². The van der Waals surface area contributed by atoms with Crippen molar-refractivity contribution in [2.24, 2.45) is 0 Å². The number of fused-ring (bicyclic) bond motifs is 1. The van der Waals surface area contributed by atoms with Crippen LogP contribution < -0.4 is 0 Å². The fourth-order valence-electron chi connectivity index (χ4n) is 2.53. The minimum atomic E-state index is -0.303. The van der Waals surface area contributed by atoms with Crippen LogP contribution in [0.4, 0.5) is 4.39 Å². The van der Waals surface area contributed by atoms with Crippen molar-refractivity contribution in [2.75, 3.05) is 7.11 Å². The van der Waals surface area contributed by atoms with Crippen molar-refractivity contribution in [3.05, 3.63) is 71.6 Å². The van der Waals surface area contributed by atoms with Gasteiger partial charge in [0.1, 0.15) is 18.0 Å². The van der Waals surface area contributed by atoms with E-state index in [2.05, 4.69) is 4.98 Å². The fraction of sp³-hybridized carbons (Fsp3) is 0.0500. The molecule has 1 aromatic heterocycles. The third-order valence-corrected chi connectivity index (χ3v) is 3.75. The van der Waals surface area contributed by atoms with Crippen molar-refractivity contribution < 1.29 is 9.13 Å². The number of aromatic nitrogens is 1. The molecule has 0 aliphatic carbocycles. The summed E-state index contributed by atoms with van der Waals surface area (Å²) in [5.41, 5.74) is 2.68. The molecule has 0 spiro atoms. The van der Waals surface area contributed by atoms with E-state index in [9.17, 15) is 4.39 Å². The molecule has 0 radical (unpaired) electrons. The molecule has 0 unspecified atom stereocenters. The Balaban J connectivity index is 2.14. The molecule has 2 aromatic carbocycles. The lowest BCUT2D eigenvalue weighted by atomic mass is 10.1. The van der Waals surface area contributed by atoms with Crippen LogP contribution in [0, 0.1) is 28.5 Å². The Morgan fingerprint density at radius 3 is 2.32 bits per heavy atom.